The van der Waals surface area contributed by atoms with Crippen LogP contribution < -0.4 is 10.6 Å². The molecule has 7 heteroatoms. The van der Waals surface area contributed by atoms with Crippen LogP contribution in [0.5, 0.6) is 0 Å². The van der Waals surface area contributed by atoms with Gasteiger partial charge in [0.15, 0.2) is 5.78 Å². The van der Waals surface area contributed by atoms with Crippen molar-refractivity contribution in [2.75, 3.05) is 0 Å². The van der Waals surface area contributed by atoms with E-state index in [0.717, 1.165) is 11.1 Å². The summed E-state index contributed by atoms with van der Waals surface area (Å²) in [5.74, 6) is -0.856. The molecule has 0 fully saturated rings. The highest BCUT2D eigenvalue weighted by Gasteiger charge is 2.34. The Morgan fingerprint density at radius 1 is 0.882 bits per heavy atom. The number of Topliss-reactive ketones (excluding diaryl/α,β-unsaturated/α-hetero) is 1. The minimum Gasteiger partial charge on any atom is -0.445 e. The zero-order valence-corrected chi connectivity index (χ0v) is 20.4. The third-order valence-electron chi connectivity index (χ3n) is 5.33. The first-order valence-electron chi connectivity index (χ1n) is 11.6. The van der Waals surface area contributed by atoms with Gasteiger partial charge in [-0.1, -0.05) is 74.5 Å². The normalized spacial score (nSPS) is 13.1. The number of ketones is 1. The predicted molar refractivity (Wildman–Crippen MR) is 131 cm³/mol. The predicted octanol–water partition coefficient (Wildman–Crippen LogP) is 3.79. The van der Waals surface area contributed by atoms with E-state index in [9.17, 15) is 19.5 Å². The SMILES string of the molecule is CC(C)CC(NC(=O)OCc1ccccc1)C(=O)NC(CCc1ccccc1)C(=O)C(C)(C)O. The zero-order valence-electron chi connectivity index (χ0n) is 20.4. The first-order valence-corrected chi connectivity index (χ1v) is 11.6. The number of rotatable bonds is 12. The van der Waals surface area contributed by atoms with Crippen molar-refractivity contribution < 1.29 is 24.2 Å². The van der Waals surface area contributed by atoms with Gasteiger partial charge in [0, 0.05) is 0 Å². The molecule has 2 atom stereocenters. The molecule has 0 aliphatic rings. The van der Waals surface area contributed by atoms with Gasteiger partial charge in [-0.2, -0.15) is 0 Å². The molecule has 0 saturated carbocycles. The van der Waals surface area contributed by atoms with Gasteiger partial charge >= 0.3 is 6.09 Å². The Labute approximate surface area is 201 Å². The largest absolute Gasteiger partial charge is 0.445 e. The van der Waals surface area contributed by atoms with Crippen molar-refractivity contribution in [3.8, 4) is 0 Å². The monoisotopic (exact) mass is 468 g/mol. The highest BCUT2D eigenvalue weighted by Crippen LogP contribution is 2.14. The summed E-state index contributed by atoms with van der Waals surface area (Å²) in [6.07, 6.45) is 0.536. The minimum atomic E-state index is -1.61. The topological polar surface area (TPSA) is 105 Å². The Hall–Kier alpha value is -3.19. The number of hydrogen-bond acceptors (Lipinski definition) is 5. The quantitative estimate of drug-likeness (QED) is 0.440. The molecule has 2 aromatic carbocycles. The second-order valence-corrected chi connectivity index (χ2v) is 9.40. The number of carbonyl (C=O) groups is 3. The van der Waals surface area contributed by atoms with Crippen molar-refractivity contribution in [2.45, 2.75) is 71.2 Å². The molecule has 0 bridgehead atoms. The van der Waals surface area contributed by atoms with E-state index in [2.05, 4.69) is 10.6 Å². The smallest absolute Gasteiger partial charge is 0.408 e. The first-order chi connectivity index (χ1) is 16.1. The fraction of sp³-hybridized carbons (Fsp3) is 0.444. The van der Waals surface area contributed by atoms with E-state index in [1.165, 1.54) is 13.8 Å². The van der Waals surface area contributed by atoms with Crippen molar-refractivity contribution in [3.63, 3.8) is 0 Å². The Morgan fingerprint density at radius 3 is 1.97 bits per heavy atom. The van der Waals surface area contributed by atoms with Crippen LogP contribution in [0.1, 0.15) is 51.7 Å². The lowest BCUT2D eigenvalue weighted by molar-refractivity contribution is -0.139. The molecule has 2 amide bonds. The van der Waals surface area contributed by atoms with E-state index >= 15 is 0 Å². The van der Waals surface area contributed by atoms with E-state index < -0.39 is 35.5 Å². The molecule has 2 aromatic rings. The van der Waals surface area contributed by atoms with Crippen LogP contribution in [0.15, 0.2) is 60.7 Å². The Bertz CT molecular complexity index is 923. The molecular formula is C27H36N2O5. The molecule has 184 valence electrons. The number of benzene rings is 2. The van der Waals surface area contributed by atoms with Crippen LogP contribution in [0.25, 0.3) is 0 Å². The van der Waals surface area contributed by atoms with Crippen LogP contribution in [0.3, 0.4) is 0 Å². The fourth-order valence-corrected chi connectivity index (χ4v) is 3.53. The summed E-state index contributed by atoms with van der Waals surface area (Å²) in [6.45, 7) is 6.77. The summed E-state index contributed by atoms with van der Waals surface area (Å²) in [5.41, 5.74) is 0.246. The average molecular weight is 469 g/mol. The molecule has 0 aliphatic heterocycles. The van der Waals surface area contributed by atoms with Crippen LogP contribution in [-0.2, 0) is 27.4 Å². The van der Waals surface area contributed by atoms with E-state index in [1.54, 1.807) is 0 Å². The van der Waals surface area contributed by atoms with Gasteiger partial charge in [-0.05, 0) is 50.2 Å². The van der Waals surface area contributed by atoms with Gasteiger partial charge in [0.2, 0.25) is 5.91 Å². The molecule has 7 nitrogen and oxygen atoms in total. The molecule has 0 aromatic heterocycles. The van der Waals surface area contributed by atoms with Crippen LogP contribution >= 0.6 is 0 Å². The molecule has 0 radical (unpaired) electrons. The van der Waals surface area contributed by atoms with Crippen LogP contribution in [0.2, 0.25) is 0 Å². The summed E-state index contributed by atoms with van der Waals surface area (Å²) in [4.78, 5) is 38.4. The standard InChI is InChI=1S/C27H36N2O5/c1-19(2)17-23(29-26(32)34-18-21-13-9-6-10-14-21)25(31)28-22(24(30)27(3,4)33)16-15-20-11-7-5-8-12-20/h5-14,19,22-23,33H,15-18H2,1-4H3,(H,28,31)(H,29,32). The second-order valence-electron chi connectivity index (χ2n) is 9.40. The molecular weight excluding hydrogens is 432 g/mol. The number of ether oxygens (including phenoxy) is 1. The third-order valence-corrected chi connectivity index (χ3v) is 5.33. The number of nitrogens with one attached hydrogen (secondary N) is 2. The number of carbonyl (C=O) groups excluding carboxylic acids is 3. The van der Waals surface area contributed by atoms with Gasteiger partial charge in [-0.3, -0.25) is 9.59 Å². The molecule has 34 heavy (non-hydrogen) atoms. The Balaban J connectivity index is 2.06. The Morgan fingerprint density at radius 2 is 1.44 bits per heavy atom. The average Bonchev–Trinajstić information content (AvgIpc) is 2.80. The van der Waals surface area contributed by atoms with Gasteiger partial charge < -0.3 is 20.5 Å². The summed E-state index contributed by atoms with van der Waals surface area (Å²) in [6, 6.07) is 17.1. The van der Waals surface area contributed by atoms with Crippen molar-refractivity contribution in [1.82, 2.24) is 10.6 Å². The molecule has 2 unspecified atom stereocenters. The highest BCUT2D eigenvalue weighted by molar-refractivity contribution is 5.95. The maximum absolute atomic E-state index is 13.1. The molecule has 0 heterocycles. The van der Waals surface area contributed by atoms with E-state index in [1.807, 2.05) is 74.5 Å². The van der Waals surface area contributed by atoms with Crippen molar-refractivity contribution in [2.24, 2.45) is 5.92 Å². The van der Waals surface area contributed by atoms with Gasteiger partial charge in [0.25, 0.3) is 0 Å². The maximum atomic E-state index is 13.1. The molecule has 2 rings (SSSR count). The van der Waals surface area contributed by atoms with Gasteiger partial charge in [0.1, 0.15) is 18.2 Å². The fourth-order valence-electron chi connectivity index (χ4n) is 3.53. The summed E-state index contributed by atoms with van der Waals surface area (Å²) < 4.78 is 5.27. The van der Waals surface area contributed by atoms with Gasteiger partial charge in [-0.15, -0.1) is 0 Å². The summed E-state index contributed by atoms with van der Waals surface area (Å²) >= 11 is 0. The minimum absolute atomic E-state index is 0.0829. The van der Waals surface area contributed by atoms with E-state index in [4.69, 9.17) is 4.74 Å². The number of aryl methyl sites for hydroxylation is 1. The van der Waals surface area contributed by atoms with Crippen LogP contribution in [-0.4, -0.2) is 40.6 Å². The lowest BCUT2D eigenvalue weighted by Crippen LogP contribution is -2.55. The molecule has 3 N–H and O–H groups in total. The summed E-state index contributed by atoms with van der Waals surface area (Å²) in [7, 11) is 0. The van der Waals surface area contributed by atoms with E-state index in [0.29, 0.717) is 19.3 Å². The maximum Gasteiger partial charge on any atom is 0.408 e. The lowest BCUT2D eigenvalue weighted by atomic mass is 9.92. The van der Waals surface area contributed by atoms with E-state index in [-0.39, 0.29) is 12.5 Å². The number of alkyl carbamates (subject to hydrolysis) is 1. The van der Waals surface area contributed by atoms with Crippen molar-refractivity contribution in [3.05, 3.63) is 71.8 Å². The number of aliphatic hydroxyl groups is 1. The third kappa shape index (κ3) is 9.35. The van der Waals surface area contributed by atoms with Crippen molar-refractivity contribution >= 4 is 17.8 Å². The molecule has 0 saturated heterocycles. The number of hydrogen-bond donors (Lipinski definition) is 3. The Kier molecular flexibility index (Phi) is 10.3. The van der Waals surface area contributed by atoms with Crippen LogP contribution in [0.4, 0.5) is 4.79 Å². The second kappa shape index (κ2) is 12.9. The molecule has 0 spiro atoms. The zero-order chi connectivity index (χ0) is 25.1. The van der Waals surface area contributed by atoms with Gasteiger partial charge in [-0.25, -0.2) is 4.79 Å². The van der Waals surface area contributed by atoms with Gasteiger partial charge in [0.05, 0.1) is 6.04 Å². The number of amides is 2. The van der Waals surface area contributed by atoms with Crippen LogP contribution in [0, 0.1) is 5.92 Å². The first kappa shape index (κ1) is 27.1. The lowest BCUT2D eigenvalue weighted by Gasteiger charge is -2.27. The van der Waals surface area contributed by atoms with Crippen molar-refractivity contribution in [1.29, 1.82) is 0 Å². The highest BCUT2D eigenvalue weighted by atomic mass is 16.5. The summed E-state index contributed by atoms with van der Waals surface area (Å²) in [5, 5.41) is 15.7. The molecule has 0 aliphatic carbocycles.